The minimum Gasteiger partial charge on any atom is -0.505 e. The number of ether oxygens (including phenoxy) is 1. The number of phenols is 1. The molecule has 0 aromatic heterocycles. The molecular formula is C12H15Cl2NO3. The molecule has 0 bridgehead atoms. The molecule has 1 rings (SSSR count). The van der Waals surface area contributed by atoms with Crippen LogP contribution < -0.4 is 5.32 Å². The van der Waals surface area contributed by atoms with Crippen LogP contribution >= 0.6 is 23.2 Å². The number of esters is 1. The summed E-state index contributed by atoms with van der Waals surface area (Å²) in [4.78, 5) is 11.7. The summed E-state index contributed by atoms with van der Waals surface area (Å²) in [5.74, 6) is -1.01. The van der Waals surface area contributed by atoms with Gasteiger partial charge in [0.2, 0.25) is 0 Å². The molecule has 1 aromatic rings. The summed E-state index contributed by atoms with van der Waals surface area (Å²) < 4.78 is 5.02. The number of hydrogen-bond acceptors (Lipinski definition) is 4. The van der Waals surface area contributed by atoms with E-state index in [2.05, 4.69) is 5.32 Å². The molecule has 4 nitrogen and oxygen atoms in total. The van der Waals surface area contributed by atoms with Crippen molar-refractivity contribution in [2.75, 3.05) is 20.2 Å². The fraction of sp³-hybridized carbons (Fsp3) is 0.417. The minimum absolute atomic E-state index is 0.0709. The molecule has 1 aromatic carbocycles. The number of carbonyl (C=O) groups excluding carboxylic acids is 1. The van der Waals surface area contributed by atoms with Crippen LogP contribution in [0.2, 0.25) is 10.0 Å². The second-order valence-electron chi connectivity index (χ2n) is 3.70. The van der Waals surface area contributed by atoms with Crippen molar-refractivity contribution < 1.29 is 14.6 Å². The number of phenolic OH excluding ortho intramolecular Hbond substituents is 1. The minimum atomic E-state index is -0.663. The van der Waals surface area contributed by atoms with Gasteiger partial charge >= 0.3 is 5.97 Å². The lowest BCUT2D eigenvalue weighted by molar-refractivity contribution is 0.0495. The summed E-state index contributed by atoms with van der Waals surface area (Å²) in [5, 5.41) is 12.8. The molecule has 0 unspecified atom stereocenters. The second kappa shape index (κ2) is 7.46. The fourth-order valence-electron chi connectivity index (χ4n) is 1.38. The lowest BCUT2D eigenvalue weighted by Crippen LogP contribution is -2.11. The van der Waals surface area contributed by atoms with Crippen LogP contribution in [0.4, 0.5) is 0 Å². The van der Waals surface area contributed by atoms with E-state index < -0.39 is 5.97 Å². The Hall–Kier alpha value is -0.970. The molecule has 100 valence electrons. The number of hydrogen-bond donors (Lipinski definition) is 2. The summed E-state index contributed by atoms with van der Waals surface area (Å²) in [6.45, 7) is 1.14. The summed E-state index contributed by atoms with van der Waals surface area (Å²) >= 11 is 11.5. The predicted octanol–water partition coefficient (Wildman–Crippen LogP) is 2.86. The van der Waals surface area contributed by atoms with Crippen LogP contribution in [0.15, 0.2) is 12.1 Å². The fourth-order valence-corrected chi connectivity index (χ4v) is 1.76. The van der Waals surface area contributed by atoms with E-state index in [0.717, 1.165) is 19.4 Å². The summed E-state index contributed by atoms with van der Waals surface area (Å²) in [6.07, 6.45) is 1.64. The zero-order chi connectivity index (χ0) is 13.5. The average Bonchev–Trinajstić information content (AvgIpc) is 2.34. The standard InChI is InChI=1S/C12H15Cl2NO3/c1-15-6-2-3-7-18-12(17)10-8(13)4-5-9(14)11(10)16/h4-5,15-16H,2-3,6-7H2,1H3. The van der Waals surface area contributed by atoms with Crippen molar-refractivity contribution in [2.24, 2.45) is 0 Å². The number of nitrogens with one attached hydrogen (secondary N) is 1. The molecule has 0 saturated carbocycles. The van der Waals surface area contributed by atoms with E-state index in [1.54, 1.807) is 0 Å². The molecule has 0 heterocycles. The van der Waals surface area contributed by atoms with Gasteiger partial charge in [-0.1, -0.05) is 23.2 Å². The van der Waals surface area contributed by atoms with E-state index in [4.69, 9.17) is 27.9 Å². The maximum absolute atomic E-state index is 11.7. The predicted molar refractivity (Wildman–Crippen MR) is 71.6 cm³/mol. The number of halogens is 2. The molecule has 0 aliphatic carbocycles. The number of carbonyl (C=O) groups is 1. The lowest BCUT2D eigenvalue weighted by Gasteiger charge is -2.08. The Bertz CT molecular complexity index is 424. The molecule has 0 aliphatic heterocycles. The Labute approximate surface area is 116 Å². The summed E-state index contributed by atoms with van der Waals surface area (Å²) in [5.41, 5.74) is -0.0854. The molecule has 0 radical (unpaired) electrons. The third kappa shape index (κ3) is 4.05. The maximum atomic E-state index is 11.7. The van der Waals surface area contributed by atoms with E-state index in [9.17, 15) is 9.90 Å². The molecular weight excluding hydrogens is 277 g/mol. The van der Waals surface area contributed by atoms with Crippen molar-refractivity contribution in [1.82, 2.24) is 5.32 Å². The van der Waals surface area contributed by atoms with Crippen LogP contribution in [0.3, 0.4) is 0 Å². The third-order valence-corrected chi connectivity index (χ3v) is 2.96. The van der Waals surface area contributed by atoms with Crippen molar-refractivity contribution >= 4 is 29.2 Å². The molecule has 0 amide bonds. The van der Waals surface area contributed by atoms with Gasteiger partial charge in [-0.05, 0) is 38.6 Å². The van der Waals surface area contributed by atoms with Crippen LogP contribution in [-0.2, 0) is 4.74 Å². The molecule has 0 aliphatic rings. The van der Waals surface area contributed by atoms with Gasteiger partial charge in [-0.25, -0.2) is 4.79 Å². The van der Waals surface area contributed by atoms with Crippen molar-refractivity contribution in [3.8, 4) is 5.75 Å². The van der Waals surface area contributed by atoms with Crippen LogP contribution in [0, 0.1) is 0 Å². The first-order valence-electron chi connectivity index (χ1n) is 5.56. The SMILES string of the molecule is CNCCCCOC(=O)c1c(Cl)ccc(Cl)c1O. The Morgan fingerprint density at radius 2 is 2.00 bits per heavy atom. The number of benzene rings is 1. The maximum Gasteiger partial charge on any atom is 0.343 e. The highest BCUT2D eigenvalue weighted by Gasteiger charge is 2.19. The monoisotopic (exact) mass is 291 g/mol. The molecule has 2 N–H and O–H groups in total. The summed E-state index contributed by atoms with van der Waals surface area (Å²) in [6, 6.07) is 2.87. The Kier molecular flexibility index (Phi) is 6.25. The van der Waals surface area contributed by atoms with Crippen molar-refractivity contribution in [2.45, 2.75) is 12.8 Å². The molecule has 6 heteroatoms. The van der Waals surface area contributed by atoms with Gasteiger partial charge in [0.15, 0.2) is 0 Å². The van der Waals surface area contributed by atoms with Crippen LogP contribution in [0.25, 0.3) is 0 Å². The average molecular weight is 292 g/mol. The Morgan fingerprint density at radius 3 is 2.67 bits per heavy atom. The second-order valence-corrected chi connectivity index (χ2v) is 4.51. The van der Waals surface area contributed by atoms with E-state index in [1.807, 2.05) is 7.05 Å². The smallest absolute Gasteiger partial charge is 0.343 e. The highest BCUT2D eigenvalue weighted by atomic mass is 35.5. The highest BCUT2D eigenvalue weighted by Crippen LogP contribution is 2.33. The first-order chi connectivity index (χ1) is 8.57. The van der Waals surface area contributed by atoms with Crippen LogP contribution in [-0.4, -0.2) is 31.3 Å². The molecule has 0 saturated heterocycles. The van der Waals surface area contributed by atoms with Gasteiger partial charge in [-0.3, -0.25) is 0 Å². The van der Waals surface area contributed by atoms with Gasteiger partial charge in [0, 0.05) is 0 Å². The van der Waals surface area contributed by atoms with Crippen molar-refractivity contribution in [3.63, 3.8) is 0 Å². The lowest BCUT2D eigenvalue weighted by atomic mass is 10.2. The van der Waals surface area contributed by atoms with E-state index in [0.29, 0.717) is 0 Å². The van der Waals surface area contributed by atoms with Crippen LogP contribution in [0.1, 0.15) is 23.2 Å². The highest BCUT2D eigenvalue weighted by molar-refractivity contribution is 6.36. The first-order valence-corrected chi connectivity index (χ1v) is 6.32. The number of unbranched alkanes of at least 4 members (excludes halogenated alkanes) is 1. The van der Waals surface area contributed by atoms with E-state index in [-0.39, 0.29) is 28.0 Å². The van der Waals surface area contributed by atoms with Gasteiger partial charge in [0.1, 0.15) is 11.3 Å². The zero-order valence-corrected chi connectivity index (χ0v) is 11.5. The van der Waals surface area contributed by atoms with Gasteiger partial charge in [0.05, 0.1) is 16.7 Å². The Morgan fingerprint density at radius 1 is 1.33 bits per heavy atom. The van der Waals surface area contributed by atoms with Gasteiger partial charge < -0.3 is 15.2 Å². The zero-order valence-electron chi connectivity index (χ0n) is 10.0. The largest absolute Gasteiger partial charge is 0.505 e. The quantitative estimate of drug-likeness (QED) is 0.625. The van der Waals surface area contributed by atoms with E-state index >= 15 is 0 Å². The summed E-state index contributed by atoms with van der Waals surface area (Å²) in [7, 11) is 1.86. The van der Waals surface area contributed by atoms with Crippen LogP contribution in [0.5, 0.6) is 5.75 Å². The number of rotatable bonds is 6. The Balaban J connectivity index is 2.59. The molecule has 0 atom stereocenters. The number of aromatic hydroxyl groups is 1. The van der Waals surface area contributed by atoms with E-state index in [1.165, 1.54) is 12.1 Å². The third-order valence-electron chi connectivity index (χ3n) is 2.34. The molecule has 0 spiro atoms. The molecule has 0 fully saturated rings. The van der Waals surface area contributed by atoms with Crippen molar-refractivity contribution in [3.05, 3.63) is 27.7 Å². The first kappa shape index (κ1) is 15.1. The topological polar surface area (TPSA) is 58.6 Å². The van der Waals surface area contributed by atoms with Gasteiger partial charge in [-0.15, -0.1) is 0 Å². The normalized spacial score (nSPS) is 10.4. The van der Waals surface area contributed by atoms with Crippen molar-refractivity contribution in [1.29, 1.82) is 0 Å². The van der Waals surface area contributed by atoms with Gasteiger partial charge in [0.25, 0.3) is 0 Å². The van der Waals surface area contributed by atoms with Gasteiger partial charge in [-0.2, -0.15) is 0 Å². The molecule has 18 heavy (non-hydrogen) atoms.